The molecule has 142 valence electrons. The van der Waals surface area contributed by atoms with Crippen LogP contribution in [0.2, 0.25) is 5.02 Å². The maximum absolute atomic E-state index is 13.6. The third-order valence-corrected chi connectivity index (χ3v) is 4.65. The lowest BCUT2D eigenvalue weighted by molar-refractivity contribution is -0.127. The lowest BCUT2D eigenvalue weighted by Gasteiger charge is -2.29. The number of para-hydroxylation sites is 1. The van der Waals surface area contributed by atoms with Crippen LogP contribution in [0.3, 0.4) is 0 Å². The summed E-state index contributed by atoms with van der Waals surface area (Å²) >= 11 is 5.92. The standard InChI is InChI=1S/C20H20ClFN2O3/c1-2-27-18-7-4-3-6-15(18)20(26)24(13-23-11-5-8-19(23)25)14-9-10-17(22)16(21)12-14/h3-4,6-7,9-10,12H,2,5,8,11,13H2,1H3. The van der Waals surface area contributed by atoms with Gasteiger partial charge in [-0.15, -0.1) is 0 Å². The van der Waals surface area contributed by atoms with Crippen LogP contribution in [0.4, 0.5) is 10.1 Å². The fourth-order valence-corrected chi connectivity index (χ4v) is 3.19. The van der Waals surface area contributed by atoms with Crippen molar-refractivity contribution in [2.45, 2.75) is 19.8 Å². The van der Waals surface area contributed by atoms with E-state index in [-0.39, 0.29) is 23.5 Å². The van der Waals surface area contributed by atoms with Crippen molar-refractivity contribution in [1.82, 2.24) is 4.90 Å². The maximum Gasteiger partial charge on any atom is 0.263 e. The van der Waals surface area contributed by atoms with Gasteiger partial charge in [0.15, 0.2) is 0 Å². The quantitative estimate of drug-likeness (QED) is 0.746. The first-order chi connectivity index (χ1) is 13.0. The Morgan fingerprint density at radius 1 is 1.30 bits per heavy atom. The van der Waals surface area contributed by atoms with Crippen LogP contribution in [0.1, 0.15) is 30.1 Å². The van der Waals surface area contributed by atoms with E-state index in [0.29, 0.717) is 36.6 Å². The van der Waals surface area contributed by atoms with Gasteiger partial charge in [-0.3, -0.25) is 14.5 Å². The summed E-state index contributed by atoms with van der Waals surface area (Å²) in [6, 6.07) is 11.0. The fourth-order valence-electron chi connectivity index (χ4n) is 3.01. The lowest BCUT2D eigenvalue weighted by atomic mass is 10.1. The molecule has 1 saturated heterocycles. The van der Waals surface area contributed by atoms with E-state index in [1.807, 2.05) is 6.92 Å². The molecule has 0 saturated carbocycles. The first kappa shape index (κ1) is 19.2. The van der Waals surface area contributed by atoms with Gasteiger partial charge in [0.2, 0.25) is 5.91 Å². The molecule has 2 aromatic rings. The SMILES string of the molecule is CCOc1ccccc1C(=O)N(CN1CCCC1=O)c1ccc(F)c(Cl)c1. The normalized spacial score (nSPS) is 13.7. The van der Waals surface area contributed by atoms with Gasteiger partial charge in [-0.1, -0.05) is 23.7 Å². The molecule has 1 aliphatic rings. The predicted octanol–water partition coefficient (Wildman–Crippen LogP) is 4.10. The van der Waals surface area contributed by atoms with Crippen LogP contribution in [0.15, 0.2) is 42.5 Å². The zero-order valence-corrected chi connectivity index (χ0v) is 15.7. The number of hydrogen-bond donors (Lipinski definition) is 0. The highest BCUT2D eigenvalue weighted by atomic mass is 35.5. The van der Waals surface area contributed by atoms with Crippen LogP contribution < -0.4 is 9.64 Å². The van der Waals surface area contributed by atoms with Gasteiger partial charge < -0.3 is 9.64 Å². The molecular formula is C20H20ClFN2O3. The highest BCUT2D eigenvalue weighted by Gasteiger charge is 2.28. The molecule has 0 aliphatic carbocycles. The average molecular weight is 391 g/mol. The number of rotatable bonds is 6. The Hall–Kier alpha value is -2.60. The van der Waals surface area contributed by atoms with Crippen LogP contribution in [-0.4, -0.2) is 36.5 Å². The molecule has 0 radical (unpaired) electrons. The topological polar surface area (TPSA) is 49.9 Å². The summed E-state index contributed by atoms with van der Waals surface area (Å²) in [6.07, 6.45) is 1.21. The van der Waals surface area contributed by atoms with Crippen molar-refractivity contribution in [3.05, 3.63) is 58.9 Å². The molecule has 0 atom stereocenters. The smallest absolute Gasteiger partial charge is 0.263 e. The van der Waals surface area contributed by atoms with Gasteiger partial charge >= 0.3 is 0 Å². The number of anilines is 1. The van der Waals surface area contributed by atoms with E-state index < -0.39 is 5.82 Å². The van der Waals surface area contributed by atoms with Crippen LogP contribution >= 0.6 is 11.6 Å². The van der Waals surface area contributed by atoms with Gasteiger partial charge in [-0.25, -0.2) is 4.39 Å². The van der Waals surface area contributed by atoms with E-state index in [4.69, 9.17) is 16.3 Å². The van der Waals surface area contributed by atoms with E-state index >= 15 is 0 Å². The number of amides is 2. The van der Waals surface area contributed by atoms with E-state index in [1.165, 1.54) is 23.1 Å². The molecular weight excluding hydrogens is 371 g/mol. The summed E-state index contributed by atoms with van der Waals surface area (Å²) in [5.41, 5.74) is 0.781. The Labute approximate surface area is 162 Å². The Kier molecular flexibility index (Phi) is 5.96. The monoisotopic (exact) mass is 390 g/mol. The second-order valence-electron chi connectivity index (χ2n) is 6.16. The molecule has 0 N–H and O–H groups in total. The Morgan fingerprint density at radius 2 is 2.07 bits per heavy atom. The number of halogens is 2. The number of likely N-dealkylation sites (tertiary alicyclic amines) is 1. The van der Waals surface area contributed by atoms with Crippen molar-refractivity contribution < 1.29 is 18.7 Å². The first-order valence-electron chi connectivity index (χ1n) is 8.77. The summed E-state index contributed by atoms with van der Waals surface area (Å²) in [5, 5.41) is -0.0869. The largest absolute Gasteiger partial charge is 0.493 e. The van der Waals surface area contributed by atoms with E-state index in [9.17, 15) is 14.0 Å². The highest BCUT2D eigenvalue weighted by molar-refractivity contribution is 6.31. The second-order valence-corrected chi connectivity index (χ2v) is 6.57. The van der Waals surface area contributed by atoms with Crippen molar-refractivity contribution in [1.29, 1.82) is 0 Å². The molecule has 5 nitrogen and oxygen atoms in total. The molecule has 27 heavy (non-hydrogen) atoms. The second kappa shape index (κ2) is 8.39. The third-order valence-electron chi connectivity index (χ3n) is 4.36. The number of carbonyl (C=O) groups excluding carboxylic acids is 2. The lowest BCUT2D eigenvalue weighted by Crippen LogP contribution is -2.42. The van der Waals surface area contributed by atoms with Crippen molar-refractivity contribution >= 4 is 29.1 Å². The molecule has 0 bridgehead atoms. The third kappa shape index (κ3) is 4.22. The molecule has 1 fully saturated rings. The van der Waals surface area contributed by atoms with E-state index in [1.54, 1.807) is 29.2 Å². The summed E-state index contributed by atoms with van der Waals surface area (Å²) < 4.78 is 19.2. The molecule has 2 aromatic carbocycles. The molecule has 0 aromatic heterocycles. The number of benzene rings is 2. The van der Waals surface area contributed by atoms with Crippen LogP contribution in [0, 0.1) is 5.82 Å². The van der Waals surface area contributed by atoms with Crippen molar-refractivity contribution in [2.75, 3.05) is 24.7 Å². The zero-order valence-electron chi connectivity index (χ0n) is 15.0. The molecule has 0 spiro atoms. The fraction of sp³-hybridized carbons (Fsp3) is 0.300. The summed E-state index contributed by atoms with van der Waals surface area (Å²) in [6.45, 7) is 2.89. The Balaban J connectivity index is 1.99. The Bertz CT molecular complexity index is 859. The maximum atomic E-state index is 13.6. The molecule has 1 aliphatic heterocycles. The van der Waals surface area contributed by atoms with Gasteiger partial charge in [0.1, 0.15) is 18.2 Å². The van der Waals surface area contributed by atoms with Crippen LogP contribution in [0.25, 0.3) is 0 Å². The minimum Gasteiger partial charge on any atom is -0.493 e. The number of nitrogens with zero attached hydrogens (tertiary/aromatic N) is 2. The van der Waals surface area contributed by atoms with Crippen molar-refractivity contribution in [3.63, 3.8) is 0 Å². The van der Waals surface area contributed by atoms with Crippen LogP contribution in [0.5, 0.6) is 5.75 Å². The van der Waals surface area contributed by atoms with Crippen molar-refractivity contribution in [3.8, 4) is 5.75 Å². The number of carbonyl (C=O) groups is 2. The van der Waals surface area contributed by atoms with Gasteiger partial charge in [0.05, 0.1) is 17.2 Å². The van der Waals surface area contributed by atoms with Crippen molar-refractivity contribution in [2.24, 2.45) is 0 Å². The first-order valence-corrected chi connectivity index (χ1v) is 9.15. The minimum atomic E-state index is -0.570. The number of ether oxygens (including phenoxy) is 1. The molecule has 2 amide bonds. The minimum absolute atomic E-state index is 0.0147. The van der Waals surface area contributed by atoms with Gasteiger partial charge in [0, 0.05) is 18.7 Å². The van der Waals surface area contributed by atoms with Gasteiger partial charge in [-0.2, -0.15) is 0 Å². The highest BCUT2D eigenvalue weighted by Crippen LogP contribution is 2.28. The summed E-state index contributed by atoms with van der Waals surface area (Å²) in [7, 11) is 0. The van der Waals surface area contributed by atoms with E-state index in [0.717, 1.165) is 6.42 Å². The average Bonchev–Trinajstić information content (AvgIpc) is 3.07. The van der Waals surface area contributed by atoms with Gasteiger partial charge in [-0.05, 0) is 43.7 Å². The van der Waals surface area contributed by atoms with Crippen LogP contribution in [-0.2, 0) is 4.79 Å². The Morgan fingerprint density at radius 3 is 2.74 bits per heavy atom. The molecule has 3 rings (SSSR count). The van der Waals surface area contributed by atoms with Gasteiger partial charge in [0.25, 0.3) is 5.91 Å². The molecule has 1 heterocycles. The summed E-state index contributed by atoms with van der Waals surface area (Å²) in [5.74, 6) is -0.476. The van der Waals surface area contributed by atoms with E-state index in [2.05, 4.69) is 0 Å². The predicted molar refractivity (Wildman–Crippen MR) is 102 cm³/mol. The summed E-state index contributed by atoms with van der Waals surface area (Å²) in [4.78, 5) is 28.4. The molecule has 0 unspecified atom stereocenters. The number of hydrogen-bond acceptors (Lipinski definition) is 3. The molecule has 7 heteroatoms. The zero-order chi connectivity index (χ0) is 19.4.